The normalized spacial score (nSPS) is 21.7. The van der Waals surface area contributed by atoms with Gasteiger partial charge in [-0.25, -0.2) is 0 Å². The second-order valence-electron chi connectivity index (χ2n) is 6.58. The lowest BCUT2D eigenvalue weighted by Gasteiger charge is -2.24. The van der Waals surface area contributed by atoms with Crippen molar-refractivity contribution in [3.8, 4) is 5.75 Å². The zero-order valence-corrected chi connectivity index (χ0v) is 16.7. The summed E-state index contributed by atoms with van der Waals surface area (Å²) in [7, 11) is 0. The van der Waals surface area contributed by atoms with Gasteiger partial charge in [-0.2, -0.15) is 0 Å². The average Bonchev–Trinajstić information content (AvgIpc) is 2.96. The van der Waals surface area contributed by atoms with Crippen molar-refractivity contribution in [2.75, 3.05) is 0 Å². The van der Waals surface area contributed by atoms with E-state index in [4.69, 9.17) is 17.0 Å². The lowest BCUT2D eigenvalue weighted by Crippen LogP contribution is -2.31. The van der Waals surface area contributed by atoms with Gasteiger partial charge in [-0.1, -0.05) is 72.5 Å². The highest BCUT2D eigenvalue weighted by atomic mass is 32.2. The number of ether oxygens (including phenoxy) is 1. The van der Waals surface area contributed by atoms with Crippen molar-refractivity contribution in [2.24, 2.45) is 0 Å². The average molecular weight is 394 g/mol. The Labute approximate surface area is 168 Å². The van der Waals surface area contributed by atoms with E-state index < -0.39 is 0 Å². The maximum atomic E-state index is 13.0. The van der Waals surface area contributed by atoms with Gasteiger partial charge >= 0.3 is 0 Å². The Kier molecular flexibility index (Phi) is 4.89. The molecule has 2 aliphatic heterocycles. The van der Waals surface area contributed by atoms with Crippen LogP contribution in [0.2, 0.25) is 0 Å². The molecule has 2 heterocycles. The van der Waals surface area contributed by atoms with E-state index in [9.17, 15) is 4.79 Å². The Balaban J connectivity index is 1.63. The minimum Gasteiger partial charge on any atom is -0.485 e. The third-order valence-corrected chi connectivity index (χ3v) is 6.14. The van der Waals surface area contributed by atoms with Crippen molar-refractivity contribution in [1.29, 1.82) is 0 Å². The summed E-state index contributed by atoms with van der Waals surface area (Å²) in [5.41, 5.74) is 3.06. The molecule has 3 nitrogen and oxygen atoms in total. The Hall–Kier alpha value is -2.37. The van der Waals surface area contributed by atoms with Crippen LogP contribution in [0.3, 0.4) is 0 Å². The van der Waals surface area contributed by atoms with Gasteiger partial charge in [-0.3, -0.25) is 9.69 Å². The number of rotatable bonds is 3. The minimum absolute atomic E-state index is 0.0479. The molecule has 2 aromatic rings. The number of fused-ring (bicyclic) bond motifs is 1. The van der Waals surface area contributed by atoms with Gasteiger partial charge in [0.25, 0.3) is 5.91 Å². The van der Waals surface area contributed by atoms with Gasteiger partial charge in [0.1, 0.15) is 16.2 Å². The number of para-hydroxylation sites is 1. The van der Waals surface area contributed by atoms with E-state index in [-0.39, 0.29) is 18.1 Å². The monoisotopic (exact) mass is 393 g/mol. The Morgan fingerprint density at radius 2 is 1.85 bits per heavy atom. The Bertz CT molecular complexity index is 965. The molecule has 27 heavy (non-hydrogen) atoms. The molecule has 0 saturated carbocycles. The van der Waals surface area contributed by atoms with Gasteiger partial charge in [-0.05, 0) is 43.2 Å². The van der Waals surface area contributed by atoms with Crippen molar-refractivity contribution >= 4 is 40.3 Å². The molecule has 0 N–H and O–H groups in total. The molecule has 5 heteroatoms. The molecule has 0 radical (unpaired) electrons. The van der Waals surface area contributed by atoms with Crippen molar-refractivity contribution in [3.05, 3.63) is 82.3 Å². The molecule has 1 fully saturated rings. The van der Waals surface area contributed by atoms with Gasteiger partial charge < -0.3 is 4.74 Å². The first-order chi connectivity index (χ1) is 13.0. The van der Waals surface area contributed by atoms with E-state index in [0.29, 0.717) is 9.23 Å². The topological polar surface area (TPSA) is 29.5 Å². The highest BCUT2D eigenvalue weighted by molar-refractivity contribution is 8.26. The second kappa shape index (κ2) is 7.33. The van der Waals surface area contributed by atoms with Gasteiger partial charge in [0.05, 0.1) is 10.9 Å². The SMILES string of the molecule is C[C@H]1Oc2ccccc2C=C1/C=C1\SC(=S)N([C@@H](C)c2ccccc2)C1=O. The second-order valence-corrected chi connectivity index (χ2v) is 8.26. The van der Waals surface area contributed by atoms with E-state index >= 15 is 0 Å². The maximum absolute atomic E-state index is 13.0. The summed E-state index contributed by atoms with van der Waals surface area (Å²) in [5, 5.41) is 0. The molecule has 0 spiro atoms. The lowest BCUT2D eigenvalue weighted by molar-refractivity contribution is -0.123. The number of hydrogen-bond acceptors (Lipinski definition) is 4. The summed E-state index contributed by atoms with van der Waals surface area (Å²) in [4.78, 5) is 15.4. The molecule has 0 unspecified atom stereocenters. The third kappa shape index (κ3) is 3.45. The highest BCUT2D eigenvalue weighted by Crippen LogP contribution is 2.39. The standard InChI is InChI=1S/C22H19NO2S2/c1-14(16-8-4-3-5-9-16)23-21(24)20(27-22(23)26)13-18-12-17-10-6-7-11-19(17)25-15(18)2/h3-15H,1-2H3/b20-13-/t14-,15+/m0/s1. The zero-order valence-electron chi connectivity index (χ0n) is 15.1. The number of amides is 1. The summed E-state index contributed by atoms with van der Waals surface area (Å²) in [6.45, 7) is 4.00. The molecule has 0 aromatic heterocycles. The summed E-state index contributed by atoms with van der Waals surface area (Å²) in [5.74, 6) is 0.820. The van der Waals surface area contributed by atoms with Crippen molar-refractivity contribution in [3.63, 3.8) is 0 Å². The molecular weight excluding hydrogens is 374 g/mol. The van der Waals surface area contributed by atoms with Crippen LogP contribution in [-0.2, 0) is 4.79 Å². The zero-order chi connectivity index (χ0) is 19.0. The largest absolute Gasteiger partial charge is 0.485 e. The number of carbonyl (C=O) groups is 1. The highest BCUT2D eigenvalue weighted by Gasteiger charge is 2.36. The molecule has 1 amide bonds. The van der Waals surface area contributed by atoms with Crippen molar-refractivity contribution in [2.45, 2.75) is 26.0 Å². The van der Waals surface area contributed by atoms with Crippen LogP contribution in [0.15, 0.2) is 71.2 Å². The summed E-state index contributed by atoms with van der Waals surface area (Å²) < 4.78 is 6.57. The van der Waals surface area contributed by atoms with Gasteiger partial charge in [0.15, 0.2) is 0 Å². The predicted octanol–water partition coefficient (Wildman–Crippen LogP) is 5.36. The van der Waals surface area contributed by atoms with Gasteiger partial charge in [0.2, 0.25) is 0 Å². The number of thiocarbonyl (C=S) groups is 1. The molecule has 2 aromatic carbocycles. The summed E-state index contributed by atoms with van der Waals surface area (Å²) >= 11 is 6.86. The molecule has 136 valence electrons. The fourth-order valence-electron chi connectivity index (χ4n) is 3.27. The smallest absolute Gasteiger partial charge is 0.266 e. The van der Waals surface area contributed by atoms with Crippen LogP contribution in [0.1, 0.15) is 31.0 Å². The number of nitrogens with zero attached hydrogens (tertiary/aromatic N) is 1. The van der Waals surface area contributed by atoms with E-state index in [1.54, 1.807) is 4.90 Å². The number of benzene rings is 2. The van der Waals surface area contributed by atoms with Crippen LogP contribution in [0.5, 0.6) is 5.75 Å². The fraction of sp³-hybridized carbons (Fsp3) is 0.182. The number of carbonyl (C=O) groups excluding carboxylic acids is 1. The minimum atomic E-state index is -0.116. The molecule has 4 rings (SSSR count). The van der Waals surface area contributed by atoms with Crippen LogP contribution in [0.4, 0.5) is 0 Å². The summed E-state index contributed by atoms with van der Waals surface area (Å²) in [6, 6.07) is 17.8. The first-order valence-corrected chi connectivity index (χ1v) is 10.1. The first kappa shape index (κ1) is 18.0. The van der Waals surface area contributed by atoms with Crippen LogP contribution in [0.25, 0.3) is 6.08 Å². The quantitative estimate of drug-likeness (QED) is 0.519. The lowest BCUT2D eigenvalue weighted by atomic mass is 10.0. The molecule has 1 saturated heterocycles. The van der Waals surface area contributed by atoms with Crippen molar-refractivity contribution in [1.82, 2.24) is 4.90 Å². The van der Waals surface area contributed by atoms with E-state index in [1.807, 2.05) is 74.5 Å². The number of hydrogen-bond donors (Lipinski definition) is 0. The van der Waals surface area contributed by atoms with Crippen LogP contribution < -0.4 is 4.74 Å². The summed E-state index contributed by atoms with van der Waals surface area (Å²) in [6.07, 6.45) is 3.88. The first-order valence-electron chi connectivity index (χ1n) is 8.84. The van der Waals surface area contributed by atoms with Crippen LogP contribution in [-0.4, -0.2) is 21.2 Å². The molecular formula is C22H19NO2S2. The molecule has 0 bridgehead atoms. The van der Waals surface area contributed by atoms with Crippen LogP contribution >= 0.6 is 24.0 Å². The molecule has 0 aliphatic carbocycles. The predicted molar refractivity (Wildman–Crippen MR) is 114 cm³/mol. The fourth-order valence-corrected chi connectivity index (χ4v) is 4.69. The van der Waals surface area contributed by atoms with Crippen molar-refractivity contribution < 1.29 is 9.53 Å². The molecule has 2 atom stereocenters. The number of thioether (sulfide) groups is 1. The Morgan fingerprint density at radius 1 is 1.15 bits per heavy atom. The third-order valence-electron chi connectivity index (χ3n) is 4.80. The van der Waals surface area contributed by atoms with Gasteiger partial charge in [0, 0.05) is 5.56 Å². The van der Waals surface area contributed by atoms with E-state index in [1.165, 1.54) is 11.8 Å². The Morgan fingerprint density at radius 3 is 2.63 bits per heavy atom. The van der Waals surface area contributed by atoms with E-state index in [0.717, 1.165) is 22.4 Å². The van der Waals surface area contributed by atoms with Crippen LogP contribution in [0, 0.1) is 0 Å². The van der Waals surface area contributed by atoms with Gasteiger partial charge in [-0.15, -0.1) is 0 Å². The maximum Gasteiger partial charge on any atom is 0.266 e. The molecule has 2 aliphatic rings. The van der Waals surface area contributed by atoms with E-state index in [2.05, 4.69) is 6.08 Å².